The van der Waals surface area contributed by atoms with Gasteiger partial charge in [-0.1, -0.05) is 31.5 Å². The van der Waals surface area contributed by atoms with Gasteiger partial charge in [-0.3, -0.25) is 19.6 Å². The highest BCUT2D eigenvalue weighted by atomic mass is 35.5. The van der Waals surface area contributed by atoms with Crippen LogP contribution in [0.15, 0.2) is 82.0 Å². The van der Waals surface area contributed by atoms with Crippen LogP contribution in [0, 0.1) is 5.41 Å². The lowest BCUT2D eigenvalue weighted by molar-refractivity contribution is -0.132. The molecule has 0 saturated heterocycles. The Labute approximate surface area is 314 Å². The SMILES string of the molecule is C=NC(=NCc1ccc(OCCCN(CC(C)(C)CNC(=O)c2ccc(N=C)cc2)C(=O)CCc2ccncc2)c(Cl)c1)NCC(F)(F)F.CN.CO. The quantitative estimate of drug-likeness (QED) is 0.0784. The Morgan fingerprint density at radius 3 is 2.23 bits per heavy atom. The monoisotopic (exact) mass is 762 g/mol. The number of halogens is 4. The van der Waals surface area contributed by atoms with E-state index in [9.17, 15) is 22.8 Å². The van der Waals surface area contributed by atoms with Crippen LogP contribution in [0.3, 0.4) is 0 Å². The van der Waals surface area contributed by atoms with Crippen molar-refractivity contribution in [3.8, 4) is 5.75 Å². The third-order valence-corrected chi connectivity index (χ3v) is 7.52. The number of aliphatic hydroxyl groups excluding tert-OH is 1. The summed E-state index contributed by atoms with van der Waals surface area (Å²) < 4.78 is 43.3. The number of nitrogens with two attached hydrogens (primary N) is 1. The van der Waals surface area contributed by atoms with E-state index in [-0.39, 0.29) is 30.9 Å². The summed E-state index contributed by atoms with van der Waals surface area (Å²) in [5, 5.41) is 12.4. The summed E-state index contributed by atoms with van der Waals surface area (Å²) in [5.41, 5.74) is 6.87. The van der Waals surface area contributed by atoms with E-state index >= 15 is 0 Å². The molecule has 3 rings (SSSR count). The molecule has 0 atom stereocenters. The van der Waals surface area contributed by atoms with Crippen LogP contribution in [-0.4, -0.2) is 99.3 Å². The summed E-state index contributed by atoms with van der Waals surface area (Å²) in [6, 6.07) is 15.5. The molecule has 3 aromatic rings. The van der Waals surface area contributed by atoms with Crippen LogP contribution in [0.4, 0.5) is 18.9 Å². The smallest absolute Gasteiger partial charge is 0.405 e. The number of ether oxygens (including phenoxy) is 1. The van der Waals surface area contributed by atoms with Crippen molar-refractivity contribution in [2.75, 3.05) is 46.9 Å². The van der Waals surface area contributed by atoms with E-state index in [2.05, 4.69) is 49.8 Å². The van der Waals surface area contributed by atoms with Gasteiger partial charge >= 0.3 is 6.18 Å². The molecule has 290 valence electrons. The molecular formula is C37H50ClF3N8O4. The topological polar surface area (TPSA) is 167 Å². The molecule has 0 aliphatic heterocycles. The van der Waals surface area contributed by atoms with Crippen LogP contribution < -0.4 is 21.1 Å². The van der Waals surface area contributed by atoms with Gasteiger partial charge in [-0.15, -0.1) is 0 Å². The molecule has 0 fully saturated rings. The molecule has 0 spiro atoms. The molecule has 0 radical (unpaired) electrons. The minimum atomic E-state index is -4.41. The lowest BCUT2D eigenvalue weighted by Crippen LogP contribution is -2.45. The molecule has 12 nitrogen and oxygen atoms in total. The van der Waals surface area contributed by atoms with Gasteiger partial charge in [0.1, 0.15) is 12.3 Å². The standard InChI is InChI=1S/C35H41ClF3N7O3.CH5N.CH4O/c1-34(2,22-44-32(48)27-8-10-28(40-3)11-9-27)24-46(31(47)13-7-25-14-16-42-17-15-25)18-5-19-49-30-12-6-26(20-29(30)36)21-43-33(41-4)45-23-35(37,38)39;2*1-2/h6,8-12,14-17,20H,3-5,7,13,18-19,21-24H2,1-2H3,(H,43,45)(H,44,48);2H2,1H3;2H,1H3. The number of pyridine rings is 1. The number of benzene rings is 2. The number of aliphatic imine (C=N–C) groups is 3. The van der Waals surface area contributed by atoms with Gasteiger partial charge in [-0.05, 0) is 98.4 Å². The number of nitrogens with zero attached hydrogens (tertiary/aromatic N) is 5. The second kappa shape index (κ2) is 24.4. The number of rotatable bonds is 17. The minimum absolute atomic E-state index is 0.0234. The third-order valence-electron chi connectivity index (χ3n) is 7.22. The molecule has 2 amide bonds. The van der Waals surface area contributed by atoms with Gasteiger partial charge in [0.2, 0.25) is 11.9 Å². The summed E-state index contributed by atoms with van der Waals surface area (Å²) in [6.07, 6.45) is 0.354. The van der Waals surface area contributed by atoms with Gasteiger partial charge in [0.15, 0.2) is 0 Å². The zero-order valence-electron chi connectivity index (χ0n) is 30.6. The Bertz CT molecular complexity index is 1590. The second-order valence-electron chi connectivity index (χ2n) is 12.0. The fourth-order valence-electron chi connectivity index (χ4n) is 4.67. The summed E-state index contributed by atoms with van der Waals surface area (Å²) in [7, 11) is 2.50. The van der Waals surface area contributed by atoms with E-state index in [1.165, 1.54) is 7.05 Å². The number of carbonyl (C=O) groups is 2. The molecular weight excluding hydrogens is 713 g/mol. The van der Waals surface area contributed by atoms with Crippen molar-refractivity contribution in [1.29, 1.82) is 0 Å². The van der Waals surface area contributed by atoms with Crippen LogP contribution >= 0.6 is 11.6 Å². The first-order chi connectivity index (χ1) is 25.3. The highest BCUT2D eigenvalue weighted by Crippen LogP contribution is 2.26. The number of carbonyl (C=O) groups excluding carboxylic acids is 2. The highest BCUT2D eigenvalue weighted by Gasteiger charge is 2.27. The molecule has 16 heteroatoms. The predicted octanol–water partition coefficient (Wildman–Crippen LogP) is 5.65. The first-order valence-electron chi connectivity index (χ1n) is 16.6. The number of hydrogen-bond acceptors (Lipinski definition) is 8. The molecule has 5 N–H and O–H groups in total. The number of alkyl halides is 3. The normalized spacial score (nSPS) is 11.2. The predicted molar refractivity (Wildman–Crippen MR) is 205 cm³/mol. The first kappa shape index (κ1) is 46.2. The highest BCUT2D eigenvalue weighted by molar-refractivity contribution is 6.32. The molecule has 1 heterocycles. The molecule has 2 aromatic carbocycles. The average molecular weight is 763 g/mol. The number of amides is 2. The van der Waals surface area contributed by atoms with E-state index in [0.29, 0.717) is 66.5 Å². The molecule has 0 unspecified atom stereocenters. The zero-order chi connectivity index (χ0) is 39.9. The first-order valence-corrected chi connectivity index (χ1v) is 16.9. The van der Waals surface area contributed by atoms with Crippen molar-refractivity contribution in [2.45, 2.75) is 45.8 Å². The average Bonchev–Trinajstić information content (AvgIpc) is 3.16. The molecule has 0 bridgehead atoms. The summed E-state index contributed by atoms with van der Waals surface area (Å²) in [4.78, 5) is 43.4. The number of aliphatic hydroxyl groups is 1. The van der Waals surface area contributed by atoms with Gasteiger partial charge < -0.3 is 31.1 Å². The van der Waals surface area contributed by atoms with Crippen molar-refractivity contribution in [3.63, 3.8) is 0 Å². The van der Waals surface area contributed by atoms with E-state index in [1.54, 1.807) is 59.8 Å². The largest absolute Gasteiger partial charge is 0.492 e. The van der Waals surface area contributed by atoms with Gasteiger partial charge in [0.05, 0.1) is 23.9 Å². The Morgan fingerprint density at radius 1 is 0.981 bits per heavy atom. The maximum absolute atomic E-state index is 13.5. The van der Waals surface area contributed by atoms with Crippen molar-refractivity contribution >= 4 is 48.5 Å². The number of guanidine groups is 1. The fourth-order valence-corrected chi connectivity index (χ4v) is 4.93. The second-order valence-corrected chi connectivity index (χ2v) is 12.4. The van der Waals surface area contributed by atoms with E-state index in [1.807, 2.05) is 26.0 Å². The Kier molecular flexibility index (Phi) is 21.2. The summed E-state index contributed by atoms with van der Waals surface area (Å²) in [5.74, 6) is -0.0549. The summed E-state index contributed by atoms with van der Waals surface area (Å²) >= 11 is 6.41. The number of nitrogens with one attached hydrogen (secondary N) is 2. The van der Waals surface area contributed by atoms with Gasteiger partial charge in [-0.2, -0.15) is 13.2 Å². The van der Waals surface area contributed by atoms with Crippen LogP contribution in [0.2, 0.25) is 5.02 Å². The van der Waals surface area contributed by atoms with Crippen molar-refractivity contribution in [1.82, 2.24) is 20.5 Å². The lowest BCUT2D eigenvalue weighted by Gasteiger charge is -2.33. The Balaban J connectivity index is 0.00000339. The number of hydrogen-bond donors (Lipinski definition) is 4. The fraction of sp³-hybridized carbons (Fsp3) is 0.405. The van der Waals surface area contributed by atoms with Crippen molar-refractivity contribution in [3.05, 3.63) is 88.7 Å². The van der Waals surface area contributed by atoms with Gasteiger partial charge in [0, 0.05) is 51.1 Å². The van der Waals surface area contributed by atoms with E-state index in [0.717, 1.165) is 12.7 Å². The number of aryl methyl sites for hydroxylation is 1. The molecule has 0 aliphatic rings. The van der Waals surface area contributed by atoms with E-state index < -0.39 is 18.1 Å². The lowest BCUT2D eigenvalue weighted by atomic mass is 9.92. The van der Waals surface area contributed by atoms with Crippen molar-refractivity contribution in [2.24, 2.45) is 26.1 Å². The van der Waals surface area contributed by atoms with Gasteiger partial charge in [-0.25, -0.2) is 9.98 Å². The Hall–Kier alpha value is -4.86. The van der Waals surface area contributed by atoms with Crippen molar-refractivity contribution < 1.29 is 32.6 Å². The van der Waals surface area contributed by atoms with Crippen LogP contribution in [0.25, 0.3) is 0 Å². The maximum atomic E-state index is 13.5. The molecule has 1 aromatic heterocycles. The Morgan fingerprint density at radius 2 is 1.64 bits per heavy atom. The van der Waals surface area contributed by atoms with Crippen LogP contribution in [0.5, 0.6) is 5.75 Å². The number of aromatic nitrogens is 1. The van der Waals surface area contributed by atoms with E-state index in [4.69, 9.17) is 21.4 Å². The van der Waals surface area contributed by atoms with Crippen LogP contribution in [0.1, 0.15) is 48.2 Å². The van der Waals surface area contributed by atoms with Crippen LogP contribution in [-0.2, 0) is 17.8 Å². The van der Waals surface area contributed by atoms with Gasteiger partial charge in [0.25, 0.3) is 5.91 Å². The summed E-state index contributed by atoms with van der Waals surface area (Å²) in [6.45, 7) is 10.9. The minimum Gasteiger partial charge on any atom is -0.492 e. The third kappa shape index (κ3) is 18.5. The molecule has 0 saturated carbocycles. The maximum Gasteiger partial charge on any atom is 0.405 e. The zero-order valence-corrected chi connectivity index (χ0v) is 31.4. The molecule has 0 aliphatic carbocycles. The molecule has 53 heavy (non-hydrogen) atoms.